The quantitative estimate of drug-likeness (QED) is 0.662. The molecule has 4 rings (SSSR count). The summed E-state index contributed by atoms with van der Waals surface area (Å²) in [6.07, 6.45) is 4.92. The van der Waals surface area contributed by atoms with Crippen molar-refractivity contribution in [1.82, 2.24) is 35.1 Å². The second-order valence-electron chi connectivity index (χ2n) is 6.12. The standard InChI is InChI=1S/C17H21N7O/c25-17(20-10-14-12-23-6-2-1-4-16(23)21-14)19-9-13-8-15-11-18-5-3-7-24(15)22-13/h1-2,4,6,8,12,18H,3,5,7,9-11H2,(H2,19,20,25). The Labute approximate surface area is 145 Å². The maximum Gasteiger partial charge on any atom is 0.315 e. The number of pyridine rings is 1. The molecule has 0 aliphatic carbocycles. The average molecular weight is 339 g/mol. The van der Waals surface area contributed by atoms with Gasteiger partial charge in [-0.1, -0.05) is 6.07 Å². The van der Waals surface area contributed by atoms with Crippen LogP contribution in [0.5, 0.6) is 0 Å². The SMILES string of the molecule is O=C(NCc1cn2ccccc2n1)NCc1cc2n(n1)CCCNC2. The molecule has 0 saturated heterocycles. The molecule has 2 amide bonds. The van der Waals surface area contributed by atoms with E-state index in [-0.39, 0.29) is 6.03 Å². The van der Waals surface area contributed by atoms with Crippen molar-refractivity contribution in [2.24, 2.45) is 0 Å². The monoisotopic (exact) mass is 339 g/mol. The molecule has 3 aromatic heterocycles. The van der Waals surface area contributed by atoms with Crippen molar-refractivity contribution in [2.45, 2.75) is 32.6 Å². The Bertz CT molecular complexity index is 826. The van der Waals surface area contributed by atoms with E-state index in [1.54, 1.807) is 0 Å². The Morgan fingerprint density at radius 1 is 1.24 bits per heavy atom. The van der Waals surface area contributed by atoms with E-state index in [1.165, 1.54) is 5.69 Å². The summed E-state index contributed by atoms with van der Waals surface area (Å²) in [5.74, 6) is 0. The molecular weight excluding hydrogens is 318 g/mol. The maximum atomic E-state index is 12.0. The smallest absolute Gasteiger partial charge is 0.315 e. The zero-order chi connectivity index (χ0) is 17.1. The fourth-order valence-corrected chi connectivity index (χ4v) is 2.98. The summed E-state index contributed by atoms with van der Waals surface area (Å²) in [4.78, 5) is 16.5. The highest BCUT2D eigenvalue weighted by atomic mass is 16.2. The van der Waals surface area contributed by atoms with Crippen molar-refractivity contribution in [3.63, 3.8) is 0 Å². The summed E-state index contributed by atoms with van der Waals surface area (Å²) in [6, 6.07) is 7.63. The van der Waals surface area contributed by atoms with Gasteiger partial charge in [-0.2, -0.15) is 5.10 Å². The van der Waals surface area contributed by atoms with Crippen LogP contribution >= 0.6 is 0 Å². The molecule has 0 fully saturated rings. The number of nitrogens with zero attached hydrogens (tertiary/aromatic N) is 4. The molecule has 0 radical (unpaired) electrons. The third kappa shape index (κ3) is 3.63. The van der Waals surface area contributed by atoms with Crippen molar-refractivity contribution >= 4 is 11.7 Å². The Balaban J connectivity index is 1.29. The van der Waals surface area contributed by atoms with Gasteiger partial charge in [0.05, 0.1) is 30.2 Å². The minimum Gasteiger partial charge on any atom is -0.332 e. The van der Waals surface area contributed by atoms with Crippen molar-refractivity contribution < 1.29 is 4.79 Å². The molecule has 0 spiro atoms. The highest BCUT2D eigenvalue weighted by Crippen LogP contribution is 2.08. The van der Waals surface area contributed by atoms with Crippen LogP contribution in [0.4, 0.5) is 4.79 Å². The van der Waals surface area contributed by atoms with Crippen molar-refractivity contribution in [3.05, 3.63) is 53.7 Å². The number of urea groups is 1. The van der Waals surface area contributed by atoms with Crippen LogP contribution in [0.1, 0.15) is 23.5 Å². The lowest BCUT2D eigenvalue weighted by molar-refractivity contribution is 0.240. The van der Waals surface area contributed by atoms with Crippen LogP contribution in [0, 0.1) is 0 Å². The van der Waals surface area contributed by atoms with E-state index in [9.17, 15) is 4.79 Å². The zero-order valence-corrected chi connectivity index (χ0v) is 13.9. The lowest BCUT2D eigenvalue weighted by Gasteiger charge is -2.04. The first-order valence-electron chi connectivity index (χ1n) is 8.48. The number of aromatic nitrogens is 4. The van der Waals surface area contributed by atoms with Crippen LogP contribution in [0.25, 0.3) is 5.65 Å². The first-order chi connectivity index (χ1) is 12.3. The molecule has 3 aromatic rings. The van der Waals surface area contributed by atoms with Gasteiger partial charge in [-0.25, -0.2) is 9.78 Å². The molecule has 8 nitrogen and oxygen atoms in total. The summed E-state index contributed by atoms with van der Waals surface area (Å²) >= 11 is 0. The van der Waals surface area contributed by atoms with Crippen molar-refractivity contribution in [3.8, 4) is 0 Å². The van der Waals surface area contributed by atoms with Gasteiger partial charge in [-0.3, -0.25) is 4.68 Å². The molecule has 0 atom stereocenters. The van der Waals surface area contributed by atoms with Crippen LogP contribution in [0.15, 0.2) is 36.7 Å². The van der Waals surface area contributed by atoms with E-state index < -0.39 is 0 Å². The van der Waals surface area contributed by atoms with E-state index in [4.69, 9.17) is 0 Å². The van der Waals surface area contributed by atoms with E-state index >= 15 is 0 Å². The van der Waals surface area contributed by atoms with Crippen LogP contribution < -0.4 is 16.0 Å². The molecule has 1 aliphatic heterocycles. The van der Waals surface area contributed by atoms with Gasteiger partial charge in [0.25, 0.3) is 0 Å². The minimum absolute atomic E-state index is 0.224. The summed E-state index contributed by atoms with van der Waals surface area (Å²) in [5.41, 5.74) is 3.73. The van der Waals surface area contributed by atoms with Gasteiger partial charge in [0.2, 0.25) is 0 Å². The summed E-state index contributed by atoms with van der Waals surface area (Å²) in [6.45, 7) is 3.56. The van der Waals surface area contributed by atoms with Gasteiger partial charge < -0.3 is 20.4 Å². The number of aryl methyl sites for hydroxylation is 1. The molecular formula is C17H21N7O. The molecule has 0 aromatic carbocycles. The van der Waals surface area contributed by atoms with E-state index in [1.807, 2.05) is 45.7 Å². The third-order valence-electron chi connectivity index (χ3n) is 4.22. The van der Waals surface area contributed by atoms with E-state index in [2.05, 4.69) is 26.0 Å². The van der Waals surface area contributed by atoms with Gasteiger partial charge >= 0.3 is 6.03 Å². The maximum absolute atomic E-state index is 12.0. The number of hydrogen-bond acceptors (Lipinski definition) is 4. The second-order valence-corrected chi connectivity index (χ2v) is 6.12. The predicted octanol–water partition coefficient (Wildman–Crippen LogP) is 1.02. The normalized spacial score (nSPS) is 14.1. The molecule has 1 aliphatic rings. The Kier molecular flexibility index (Phi) is 4.34. The summed E-state index contributed by atoms with van der Waals surface area (Å²) in [7, 11) is 0. The molecule has 130 valence electrons. The Morgan fingerprint density at radius 2 is 2.12 bits per heavy atom. The first-order valence-corrected chi connectivity index (χ1v) is 8.48. The van der Waals surface area contributed by atoms with Crippen molar-refractivity contribution in [1.29, 1.82) is 0 Å². The van der Waals surface area contributed by atoms with E-state index in [0.717, 1.165) is 43.1 Å². The number of rotatable bonds is 4. The molecule has 0 bridgehead atoms. The van der Waals surface area contributed by atoms with Crippen LogP contribution in [-0.2, 0) is 26.2 Å². The van der Waals surface area contributed by atoms with Gasteiger partial charge in [0.15, 0.2) is 0 Å². The number of amides is 2. The molecule has 0 unspecified atom stereocenters. The number of carbonyl (C=O) groups is 1. The fourth-order valence-electron chi connectivity index (χ4n) is 2.98. The molecule has 8 heteroatoms. The molecule has 0 saturated carbocycles. The molecule has 4 heterocycles. The number of hydrogen-bond donors (Lipinski definition) is 3. The summed E-state index contributed by atoms with van der Waals surface area (Å²) in [5, 5.41) is 13.6. The first kappa shape index (κ1) is 15.6. The van der Waals surface area contributed by atoms with Gasteiger partial charge in [-0.05, 0) is 31.2 Å². The predicted molar refractivity (Wildman–Crippen MR) is 92.8 cm³/mol. The largest absolute Gasteiger partial charge is 0.332 e. The number of carbonyl (C=O) groups excluding carboxylic acids is 1. The highest BCUT2D eigenvalue weighted by Gasteiger charge is 2.11. The van der Waals surface area contributed by atoms with Gasteiger partial charge in [0, 0.05) is 25.5 Å². The lowest BCUT2D eigenvalue weighted by Crippen LogP contribution is -2.34. The van der Waals surface area contributed by atoms with E-state index in [0.29, 0.717) is 13.1 Å². The van der Waals surface area contributed by atoms with Crippen LogP contribution in [-0.4, -0.2) is 31.7 Å². The number of fused-ring (bicyclic) bond motifs is 2. The van der Waals surface area contributed by atoms with Crippen molar-refractivity contribution in [2.75, 3.05) is 6.54 Å². The lowest BCUT2D eigenvalue weighted by atomic mass is 10.3. The third-order valence-corrected chi connectivity index (χ3v) is 4.22. The van der Waals surface area contributed by atoms with Crippen LogP contribution in [0.2, 0.25) is 0 Å². The zero-order valence-electron chi connectivity index (χ0n) is 13.9. The topological polar surface area (TPSA) is 88.3 Å². The Hall–Kier alpha value is -2.87. The van der Waals surface area contributed by atoms with Crippen LogP contribution in [0.3, 0.4) is 0 Å². The Morgan fingerprint density at radius 3 is 3.00 bits per heavy atom. The molecule has 25 heavy (non-hydrogen) atoms. The average Bonchev–Trinajstić information content (AvgIpc) is 3.15. The highest BCUT2D eigenvalue weighted by molar-refractivity contribution is 5.73. The fraction of sp³-hybridized carbons (Fsp3) is 0.353. The number of imidazole rings is 1. The van der Waals surface area contributed by atoms with Gasteiger partial charge in [0.1, 0.15) is 5.65 Å². The minimum atomic E-state index is -0.224. The number of nitrogens with one attached hydrogen (secondary N) is 3. The summed E-state index contributed by atoms with van der Waals surface area (Å²) < 4.78 is 3.95. The second kappa shape index (κ2) is 6.94. The van der Waals surface area contributed by atoms with Gasteiger partial charge in [-0.15, -0.1) is 0 Å². The molecule has 3 N–H and O–H groups in total.